The maximum Gasteiger partial charge on any atom is 0.275 e. The number of rotatable bonds is 1. The first-order chi connectivity index (χ1) is 4.36. The lowest BCUT2D eigenvalue weighted by atomic mass is 10.4. The molecule has 0 aliphatic carbocycles. The summed E-state index contributed by atoms with van der Waals surface area (Å²) in [5, 5.41) is 0. The van der Waals surface area contributed by atoms with Gasteiger partial charge in [-0.1, -0.05) is 0 Å². The van der Waals surface area contributed by atoms with E-state index in [0.29, 0.717) is 18.4 Å². The number of hydrogen-bond acceptors (Lipinski definition) is 2. The van der Waals surface area contributed by atoms with Crippen LogP contribution in [0.1, 0.15) is 6.92 Å². The zero-order valence-electron chi connectivity index (χ0n) is 5.26. The molecule has 1 heterocycles. The Morgan fingerprint density at radius 1 is 1.89 bits per heavy atom. The van der Waals surface area contributed by atoms with Crippen molar-refractivity contribution < 1.29 is 9.47 Å². The minimum absolute atomic E-state index is 0.0536. The fraction of sp³-hybridized carbons (Fsp3) is 0.667. The third-order valence-electron chi connectivity index (χ3n) is 1.10. The molecule has 0 spiro atoms. The molecular weight excluding hydrogens is 140 g/mol. The molecule has 1 aliphatic rings. The van der Waals surface area contributed by atoms with Crippen molar-refractivity contribution in [1.29, 1.82) is 0 Å². The predicted octanol–water partition coefficient (Wildman–Crippen LogP) is 1.50. The molecule has 1 saturated heterocycles. The van der Waals surface area contributed by atoms with Gasteiger partial charge in [-0.2, -0.15) is 0 Å². The molecule has 1 atom stereocenters. The minimum Gasteiger partial charge on any atom is -0.462 e. The van der Waals surface area contributed by atoms with Crippen LogP contribution in [-0.2, 0) is 9.47 Å². The maximum absolute atomic E-state index is 5.50. The Labute approximate surface area is 59.4 Å². The quantitative estimate of drug-likeness (QED) is 0.525. The van der Waals surface area contributed by atoms with Crippen LogP contribution < -0.4 is 0 Å². The highest BCUT2D eigenvalue weighted by molar-refractivity contribution is 6.18. The van der Waals surface area contributed by atoms with Crippen molar-refractivity contribution in [3.8, 4) is 0 Å². The third kappa shape index (κ3) is 1.52. The fourth-order valence-electron chi connectivity index (χ4n) is 0.635. The number of allylic oxidation sites excluding steroid dienone is 1. The SMILES string of the molecule is C/C=C1\OCC(CCl)O1. The number of hydrogen-bond donors (Lipinski definition) is 0. The molecule has 2 nitrogen and oxygen atoms in total. The van der Waals surface area contributed by atoms with Crippen molar-refractivity contribution in [2.75, 3.05) is 12.5 Å². The molecule has 0 amide bonds. The first-order valence-electron chi connectivity index (χ1n) is 2.88. The van der Waals surface area contributed by atoms with Gasteiger partial charge in [0.2, 0.25) is 0 Å². The van der Waals surface area contributed by atoms with E-state index >= 15 is 0 Å². The van der Waals surface area contributed by atoms with Crippen LogP contribution in [0.4, 0.5) is 0 Å². The standard InChI is InChI=1S/C6H9ClO2/c1-2-6-8-4-5(3-7)9-6/h2,5H,3-4H2,1H3/b6-2+. The van der Waals surface area contributed by atoms with E-state index < -0.39 is 0 Å². The molecule has 52 valence electrons. The third-order valence-corrected chi connectivity index (χ3v) is 1.45. The van der Waals surface area contributed by atoms with Crippen molar-refractivity contribution in [3.05, 3.63) is 12.0 Å². The lowest BCUT2D eigenvalue weighted by Gasteiger charge is -1.98. The van der Waals surface area contributed by atoms with E-state index in [9.17, 15) is 0 Å². The molecule has 1 aliphatic heterocycles. The lowest BCUT2D eigenvalue weighted by molar-refractivity contribution is 0.151. The second-order valence-corrected chi connectivity index (χ2v) is 2.12. The van der Waals surface area contributed by atoms with Crippen LogP contribution in [0.2, 0.25) is 0 Å². The molecule has 0 radical (unpaired) electrons. The van der Waals surface area contributed by atoms with Crippen LogP contribution in [0.15, 0.2) is 12.0 Å². The second-order valence-electron chi connectivity index (χ2n) is 1.81. The number of alkyl halides is 1. The van der Waals surface area contributed by atoms with Crippen LogP contribution in [0.25, 0.3) is 0 Å². The average Bonchev–Trinajstić information content (AvgIpc) is 2.34. The summed E-state index contributed by atoms with van der Waals surface area (Å²) >= 11 is 5.50. The van der Waals surface area contributed by atoms with E-state index in [1.54, 1.807) is 6.08 Å². The Hall–Kier alpha value is -0.370. The van der Waals surface area contributed by atoms with Gasteiger partial charge < -0.3 is 9.47 Å². The van der Waals surface area contributed by atoms with E-state index in [1.807, 2.05) is 6.92 Å². The molecule has 0 aromatic rings. The number of ether oxygens (including phenoxy) is 2. The normalized spacial score (nSPS) is 30.0. The molecule has 1 unspecified atom stereocenters. The van der Waals surface area contributed by atoms with Gasteiger partial charge in [0, 0.05) is 0 Å². The van der Waals surface area contributed by atoms with E-state index in [4.69, 9.17) is 21.1 Å². The Kier molecular flexibility index (Phi) is 2.22. The largest absolute Gasteiger partial charge is 0.462 e. The number of halogens is 1. The van der Waals surface area contributed by atoms with Gasteiger partial charge in [0.25, 0.3) is 5.95 Å². The van der Waals surface area contributed by atoms with Crippen molar-refractivity contribution in [3.63, 3.8) is 0 Å². The lowest BCUT2D eigenvalue weighted by Crippen LogP contribution is -2.09. The molecule has 0 N–H and O–H groups in total. The van der Waals surface area contributed by atoms with Crippen LogP contribution in [0.5, 0.6) is 0 Å². The average molecular weight is 149 g/mol. The first kappa shape index (κ1) is 6.75. The molecule has 0 saturated carbocycles. The molecule has 3 heteroatoms. The van der Waals surface area contributed by atoms with Crippen molar-refractivity contribution in [2.45, 2.75) is 13.0 Å². The summed E-state index contributed by atoms with van der Waals surface area (Å²) in [6.07, 6.45) is 1.84. The van der Waals surface area contributed by atoms with Crippen LogP contribution in [0, 0.1) is 0 Å². The topological polar surface area (TPSA) is 18.5 Å². The van der Waals surface area contributed by atoms with Gasteiger partial charge in [0.05, 0.1) is 5.88 Å². The molecular formula is C6H9ClO2. The highest BCUT2D eigenvalue weighted by atomic mass is 35.5. The maximum atomic E-state index is 5.50. The predicted molar refractivity (Wildman–Crippen MR) is 35.3 cm³/mol. The van der Waals surface area contributed by atoms with Gasteiger partial charge >= 0.3 is 0 Å². The molecule has 0 aromatic carbocycles. The zero-order chi connectivity index (χ0) is 6.69. The van der Waals surface area contributed by atoms with Gasteiger partial charge in [-0.3, -0.25) is 0 Å². The fourth-order valence-corrected chi connectivity index (χ4v) is 0.787. The van der Waals surface area contributed by atoms with Crippen LogP contribution in [-0.4, -0.2) is 18.6 Å². The van der Waals surface area contributed by atoms with Gasteiger partial charge in [0.15, 0.2) is 0 Å². The van der Waals surface area contributed by atoms with Gasteiger partial charge in [0.1, 0.15) is 12.7 Å². The van der Waals surface area contributed by atoms with Crippen molar-refractivity contribution >= 4 is 11.6 Å². The van der Waals surface area contributed by atoms with Crippen LogP contribution in [0.3, 0.4) is 0 Å². The first-order valence-corrected chi connectivity index (χ1v) is 3.42. The van der Waals surface area contributed by atoms with Gasteiger partial charge in [-0.05, 0) is 13.0 Å². The highest BCUT2D eigenvalue weighted by Gasteiger charge is 2.19. The molecule has 1 fully saturated rings. The zero-order valence-corrected chi connectivity index (χ0v) is 6.02. The summed E-state index contributed by atoms with van der Waals surface area (Å²) in [5.74, 6) is 1.10. The van der Waals surface area contributed by atoms with E-state index in [2.05, 4.69) is 0 Å². The van der Waals surface area contributed by atoms with E-state index in [0.717, 1.165) is 0 Å². The summed E-state index contributed by atoms with van der Waals surface area (Å²) in [4.78, 5) is 0. The van der Waals surface area contributed by atoms with E-state index in [1.165, 1.54) is 0 Å². The van der Waals surface area contributed by atoms with Gasteiger partial charge in [-0.25, -0.2) is 0 Å². The smallest absolute Gasteiger partial charge is 0.275 e. The summed E-state index contributed by atoms with van der Waals surface area (Å²) in [6, 6.07) is 0. The van der Waals surface area contributed by atoms with Crippen LogP contribution >= 0.6 is 11.6 Å². The Bertz CT molecular complexity index is 122. The molecule has 0 bridgehead atoms. The molecule has 0 aromatic heterocycles. The van der Waals surface area contributed by atoms with Crippen molar-refractivity contribution in [2.24, 2.45) is 0 Å². The summed E-state index contributed by atoms with van der Waals surface area (Å²) in [6.45, 7) is 2.45. The Balaban J connectivity index is 2.38. The second kappa shape index (κ2) is 2.97. The Morgan fingerprint density at radius 2 is 2.67 bits per heavy atom. The summed E-state index contributed by atoms with van der Waals surface area (Å²) in [7, 11) is 0. The molecule has 9 heavy (non-hydrogen) atoms. The highest BCUT2D eigenvalue weighted by Crippen LogP contribution is 2.14. The van der Waals surface area contributed by atoms with Gasteiger partial charge in [-0.15, -0.1) is 11.6 Å². The van der Waals surface area contributed by atoms with Crippen molar-refractivity contribution in [1.82, 2.24) is 0 Å². The Morgan fingerprint density at radius 3 is 3.00 bits per heavy atom. The summed E-state index contributed by atoms with van der Waals surface area (Å²) in [5.41, 5.74) is 0. The molecule has 1 rings (SSSR count). The minimum atomic E-state index is 0.0536. The monoisotopic (exact) mass is 148 g/mol. The summed E-state index contributed by atoms with van der Waals surface area (Å²) < 4.78 is 10.2. The van der Waals surface area contributed by atoms with E-state index in [-0.39, 0.29) is 6.10 Å².